The number of nitrogens with zero attached hydrogens (tertiary/aromatic N) is 2. The second kappa shape index (κ2) is 7.94. The van der Waals surface area contributed by atoms with Gasteiger partial charge < -0.3 is 14.8 Å². The lowest BCUT2D eigenvalue weighted by Crippen LogP contribution is -2.49. The normalized spacial score (nSPS) is 29.2. The van der Waals surface area contributed by atoms with Crippen molar-refractivity contribution < 1.29 is 4.79 Å². The molecule has 1 saturated heterocycles. The van der Waals surface area contributed by atoms with Crippen LogP contribution < -0.4 is 5.32 Å². The van der Waals surface area contributed by atoms with E-state index < -0.39 is 0 Å². The Bertz CT molecular complexity index is 533. The number of rotatable bonds is 4. The van der Waals surface area contributed by atoms with Crippen molar-refractivity contribution >= 4 is 5.91 Å². The molecule has 0 aromatic carbocycles. The number of carbonyl (C=O) groups is 1. The van der Waals surface area contributed by atoms with Crippen LogP contribution in [0.1, 0.15) is 70.3 Å². The third kappa shape index (κ3) is 4.11. The quantitative estimate of drug-likeness (QED) is 0.904. The van der Waals surface area contributed by atoms with Crippen molar-refractivity contribution in [2.75, 3.05) is 13.1 Å². The molecule has 0 atom stereocenters. The van der Waals surface area contributed by atoms with Gasteiger partial charge in [-0.15, -0.1) is 0 Å². The summed E-state index contributed by atoms with van der Waals surface area (Å²) in [7, 11) is 0. The van der Waals surface area contributed by atoms with Gasteiger partial charge in [0.25, 0.3) is 0 Å². The first-order valence-electron chi connectivity index (χ1n) is 10.5. The molecule has 1 amide bonds. The van der Waals surface area contributed by atoms with Crippen LogP contribution in [0.2, 0.25) is 0 Å². The monoisotopic (exact) mass is 343 g/mol. The second-order valence-electron chi connectivity index (χ2n) is 8.38. The molecule has 4 heteroatoms. The van der Waals surface area contributed by atoms with Gasteiger partial charge >= 0.3 is 0 Å². The number of hydrogen-bond acceptors (Lipinski definition) is 2. The summed E-state index contributed by atoms with van der Waals surface area (Å²) in [6.45, 7) is 1.92. The maximum atomic E-state index is 12.9. The third-order valence-electron chi connectivity index (χ3n) is 6.73. The second-order valence-corrected chi connectivity index (χ2v) is 8.38. The summed E-state index contributed by atoms with van der Waals surface area (Å²) in [5.74, 6) is 0.705. The van der Waals surface area contributed by atoms with E-state index in [-0.39, 0.29) is 5.92 Å². The average molecular weight is 344 g/mol. The van der Waals surface area contributed by atoms with E-state index in [1.165, 1.54) is 25.7 Å². The van der Waals surface area contributed by atoms with Gasteiger partial charge in [-0.2, -0.15) is 0 Å². The standard InChI is InChI=1S/C21H33N3O/c25-21(17-7-9-20(10-8-17)23-13-3-4-14-23)24-15-11-19(12-16-24)22-18-5-1-2-6-18/h3-4,13-14,17-20,22H,1-2,5-12,15-16H2. The van der Waals surface area contributed by atoms with Crippen LogP contribution >= 0.6 is 0 Å². The van der Waals surface area contributed by atoms with E-state index in [2.05, 4.69) is 39.3 Å². The van der Waals surface area contributed by atoms with Crippen molar-refractivity contribution in [3.05, 3.63) is 24.5 Å². The summed E-state index contributed by atoms with van der Waals surface area (Å²) in [4.78, 5) is 15.1. The van der Waals surface area contributed by atoms with E-state index in [0.29, 0.717) is 18.0 Å². The zero-order chi connectivity index (χ0) is 17.1. The highest BCUT2D eigenvalue weighted by Crippen LogP contribution is 2.33. The number of nitrogens with one attached hydrogen (secondary N) is 1. The molecule has 25 heavy (non-hydrogen) atoms. The average Bonchev–Trinajstić information content (AvgIpc) is 3.36. The number of aromatic nitrogens is 1. The summed E-state index contributed by atoms with van der Waals surface area (Å²) < 4.78 is 2.32. The fraction of sp³-hybridized carbons (Fsp3) is 0.762. The first kappa shape index (κ1) is 17.1. The van der Waals surface area contributed by atoms with E-state index in [1.54, 1.807) is 0 Å². The van der Waals surface area contributed by atoms with E-state index in [1.807, 2.05) is 0 Å². The Kier molecular flexibility index (Phi) is 5.45. The summed E-state index contributed by atoms with van der Waals surface area (Å²) in [6.07, 6.45) is 16.5. The van der Waals surface area contributed by atoms with Crippen LogP contribution in [0.4, 0.5) is 0 Å². The minimum absolute atomic E-state index is 0.270. The van der Waals surface area contributed by atoms with Crippen LogP contribution in [0.5, 0.6) is 0 Å². The lowest BCUT2D eigenvalue weighted by Gasteiger charge is -2.37. The van der Waals surface area contributed by atoms with Gasteiger partial charge in [0.1, 0.15) is 0 Å². The van der Waals surface area contributed by atoms with Crippen LogP contribution in [0.15, 0.2) is 24.5 Å². The predicted octanol–water partition coefficient (Wildman–Crippen LogP) is 3.74. The van der Waals surface area contributed by atoms with Crippen LogP contribution in [-0.2, 0) is 4.79 Å². The number of piperidine rings is 1. The molecule has 2 aliphatic carbocycles. The summed E-state index contributed by atoms with van der Waals surface area (Å²) in [5.41, 5.74) is 0. The number of hydrogen-bond donors (Lipinski definition) is 1. The minimum atomic E-state index is 0.270. The maximum absolute atomic E-state index is 12.9. The molecule has 138 valence electrons. The molecule has 0 bridgehead atoms. The predicted molar refractivity (Wildman–Crippen MR) is 100 cm³/mol. The minimum Gasteiger partial charge on any atom is -0.351 e. The molecule has 1 aliphatic heterocycles. The van der Waals surface area contributed by atoms with Gasteiger partial charge in [-0.25, -0.2) is 0 Å². The Balaban J connectivity index is 1.21. The van der Waals surface area contributed by atoms with Crippen LogP contribution in [0.25, 0.3) is 0 Å². The van der Waals surface area contributed by atoms with Crippen LogP contribution in [0, 0.1) is 5.92 Å². The molecule has 1 aromatic heterocycles. The van der Waals surface area contributed by atoms with Crippen molar-refractivity contribution in [1.29, 1.82) is 0 Å². The molecular weight excluding hydrogens is 310 g/mol. The highest BCUT2D eigenvalue weighted by molar-refractivity contribution is 5.79. The highest BCUT2D eigenvalue weighted by atomic mass is 16.2. The molecule has 1 aromatic rings. The molecule has 2 heterocycles. The molecule has 4 rings (SSSR count). The molecule has 1 N–H and O–H groups in total. The molecule has 3 aliphatic rings. The van der Waals surface area contributed by atoms with Crippen molar-refractivity contribution in [3.8, 4) is 0 Å². The summed E-state index contributed by atoms with van der Waals surface area (Å²) in [5, 5.41) is 3.84. The van der Waals surface area contributed by atoms with E-state index in [4.69, 9.17) is 0 Å². The Labute approximate surface area is 152 Å². The first-order valence-corrected chi connectivity index (χ1v) is 10.5. The summed E-state index contributed by atoms with van der Waals surface area (Å²) in [6, 6.07) is 6.18. The fourth-order valence-electron chi connectivity index (χ4n) is 5.16. The number of amides is 1. The molecule has 0 radical (unpaired) electrons. The smallest absolute Gasteiger partial charge is 0.225 e. The van der Waals surface area contributed by atoms with Gasteiger partial charge in [-0.1, -0.05) is 12.8 Å². The Morgan fingerprint density at radius 2 is 1.40 bits per heavy atom. The Hall–Kier alpha value is -1.29. The molecule has 4 nitrogen and oxygen atoms in total. The highest BCUT2D eigenvalue weighted by Gasteiger charge is 2.32. The van der Waals surface area contributed by atoms with Crippen molar-refractivity contribution in [2.45, 2.75) is 82.3 Å². The third-order valence-corrected chi connectivity index (χ3v) is 6.73. The van der Waals surface area contributed by atoms with Crippen LogP contribution in [0.3, 0.4) is 0 Å². The largest absolute Gasteiger partial charge is 0.351 e. The lowest BCUT2D eigenvalue weighted by atomic mass is 9.84. The van der Waals surface area contributed by atoms with E-state index in [0.717, 1.165) is 57.7 Å². The summed E-state index contributed by atoms with van der Waals surface area (Å²) >= 11 is 0. The van der Waals surface area contributed by atoms with Gasteiger partial charge in [-0.05, 0) is 63.5 Å². The van der Waals surface area contributed by atoms with E-state index >= 15 is 0 Å². The SMILES string of the molecule is O=C(C1CCC(n2cccc2)CC1)N1CCC(NC2CCCC2)CC1. The first-order chi connectivity index (χ1) is 12.3. The maximum Gasteiger partial charge on any atom is 0.225 e. The lowest BCUT2D eigenvalue weighted by molar-refractivity contribution is -0.138. The van der Waals surface area contributed by atoms with Gasteiger partial charge in [0, 0.05) is 49.5 Å². The zero-order valence-corrected chi connectivity index (χ0v) is 15.4. The number of carbonyl (C=O) groups excluding carboxylic acids is 1. The van der Waals surface area contributed by atoms with Gasteiger partial charge in [0.15, 0.2) is 0 Å². The molecule has 0 unspecified atom stereocenters. The zero-order valence-electron chi connectivity index (χ0n) is 15.4. The topological polar surface area (TPSA) is 37.3 Å². The Morgan fingerprint density at radius 1 is 0.800 bits per heavy atom. The molecular formula is C21H33N3O. The molecule has 2 saturated carbocycles. The van der Waals surface area contributed by atoms with Gasteiger partial charge in [-0.3, -0.25) is 4.79 Å². The number of likely N-dealkylation sites (tertiary alicyclic amines) is 1. The Morgan fingerprint density at radius 3 is 2.04 bits per heavy atom. The molecule has 0 spiro atoms. The van der Waals surface area contributed by atoms with Crippen molar-refractivity contribution in [1.82, 2.24) is 14.8 Å². The van der Waals surface area contributed by atoms with Gasteiger partial charge in [0.2, 0.25) is 5.91 Å². The van der Waals surface area contributed by atoms with E-state index in [9.17, 15) is 4.79 Å². The van der Waals surface area contributed by atoms with Crippen LogP contribution in [-0.4, -0.2) is 40.5 Å². The van der Waals surface area contributed by atoms with Crippen molar-refractivity contribution in [2.24, 2.45) is 5.92 Å². The molecule has 3 fully saturated rings. The van der Waals surface area contributed by atoms with Crippen molar-refractivity contribution in [3.63, 3.8) is 0 Å². The van der Waals surface area contributed by atoms with Gasteiger partial charge in [0.05, 0.1) is 0 Å². The fourth-order valence-corrected chi connectivity index (χ4v) is 5.16.